The second-order valence-electron chi connectivity index (χ2n) is 6.15. The minimum Gasteiger partial charge on any atom is -0.382 e. The number of nitrogens with zero attached hydrogens (tertiary/aromatic N) is 2. The van der Waals surface area contributed by atoms with Gasteiger partial charge in [0.15, 0.2) is 0 Å². The van der Waals surface area contributed by atoms with Crippen molar-refractivity contribution in [2.45, 2.75) is 25.8 Å². The van der Waals surface area contributed by atoms with Gasteiger partial charge in [-0.2, -0.15) is 0 Å². The zero-order chi connectivity index (χ0) is 17.0. The van der Waals surface area contributed by atoms with E-state index in [2.05, 4.69) is 10.2 Å². The average Bonchev–Trinajstić information content (AvgIpc) is 2.45. The van der Waals surface area contributed by atoms with Gasteiger partial charge in [0, 0.05) is 49.2 Å². The van der Waals surface area contributed by atoms with Gasteiger partial charge in [0.1, 0.15) is 9.84 Å². The summed E-state index contributed by atoms with van der Waals surface area (Å²) in [7, 11) is -2.91. The van der Waals surface area contributed by atoms with Crippen LogP contribution >= 0.6 is 0 Å². The molecule has 1 aliphatic rings. The van der Waals surface area contributed by atoms with Crippen LogP contribution in [0.5, 0.6) is 0 Å². The molecule has 0 radical (unpaired) electrons. The fourth-order valence-electron chi connectivity index (χ4n) is 2.78. The van der Waals surface area contributed by atoms with Crippen LogP contribution in [0.1, 0.15) is 18.4 Å². The Morgan fingerprint density at radius 1 is 1.35 bits per heavy atom. The van der Waals surface area contributed by atoms with Gasteiger partial charge in [0.05, 0.1) is 10.7 Å². The van der Waals surface area contributed by atoms with Crippen molar-refractivity contribution in [1.82, 2.24) is 4.90 Å². The number of nitrogens with one attached hydrogen (secondary N) is 1. The van der Waals surface area contributed by atoms with Crippen LogP contribution in [-0.4, -0.2) is 55.9 Å². The molecule has 1 N–H and O–H groups in total. The van der Waals surface area contributed by atoms with Crippen molar-refractivity contribution in [3.8, 4) is 0 Å². The second kappa shape index (κ2) is 7.27. The Kier molecular flexibility index (Phi) is 5.59. The number of hydrogen-bond acceptors (Lipinski definition) is 6. The molecule has 0 unspecified atom stereocenters. The van der Waals surface area contributed by atoms with Crippen LogP contribution in [0.2, 0.25) is 0 Å². The largest absolute Gasteiger partial charge is 0.382 e. The number of rotatable bonds is 6. The number of nitro groups is 1. The standard InChI is InChI=1S/C15H23N3O4S/c1-12-11-14(3-4-15(12)18(19)20)16-13-5-7-17(8-6-13)9-10-23(2,21)22/h3-4,11,13,16H,5-10H2,1-2H3. The minimum absolute atomic E-state index is 0.131. The molecule has 0 aromatic heterocycles. The molecule has 0 bridgehead atoms. The summed E-state index contributed by atoms with van der Waals surface area (Å²) in [6.45, 7) is 4.04. The highest BCUT2D eigenvalue weighted by atomic mass is 32.2. The first kappa shape index (κ1) is 17.7. The summed E-state index contributed by atoms with van der Waals surface area (Å²) < 4.78 is 22.4. The number of aryl methyl sites for hydroxylation is 1. The van der Waals surface area contributed by atoms with Crippen LogP contribution < -0.4 is 5.32 Å². The van der Waals surface area contributed by atoms with Crippen LogP contribution in [-0.2, 0) is 9.84 Å². The summed E-state index contributed by atoms with van der Waals surface area (Å²) in [5.41, 5.74) is 1.67. The first-order chi connectivity index (χ1) is 10.7. The van der Waals surface area contributed by atoms with E-state index in [0.717, 1.165) is 31.6 Å². The number of piperidine rings is 1. The topological polar surface area (TPSA) is 92.6 Å². The Labute approximate surface area is 136 Å². The number of anilines is 1. The molecule has 0 saturated carbocycles. The van der Waals surface area contributed by atoms with Crippen LogP contribution in [0.3, 0.4) is 0 Å². The summed E-state index contributed by atoms with van der Waals surface area (Å²) in [5.74, 6) is 0.201. The molecule has 0 aliphatic carbocycles. The third-order valence-corrected chi connectivity index (χ3v) is 5.05. The fourth-order valence-corrected chi connectivity index (χ4v) is 3.37. The highest BCUT2D eigenvalue weighted by molar-refractivity contribution is 7.90. The van der Waals surface area contributed by atoms with Gasteiger partial charge in [-0.05, 0) is 31.9 Å². The third-order valence-electron chi connectivity index (χ3n) is 4.13. The lowest BCUT2D eigenvalue weighted by atomic mass is 10.0. The predicted octanol–water partition coefficient (Wildman–Crippen LogP) is 1.82. The number of benzene rings is 1. The van der Waals surface area contributed by atoms with E-state index in [1.54, 1.807) is 19.1 Å². The quantitative estimate of drug-likeness (QED) is 0.627. The van der Waals surface area contributed by atoms with E-state index in [4.69, 9.17) is 0 Å². The lowest BCUT2D eigenvalue weighted by Crippen LogP contribution is -2.41. The van der Waals surface area contributed by atoms with Gasteiger partial charge in [0.25, 0.3) is 5.69 Å². The van der Waals surface area contributed by atoms with E-state index in [9.17, 15) is 18.5 Å². The van der Waals surface area contributed by atoms with Crippen molar-refractivity contribution in [3.05, 3.63) is 33.9 Å². The molecule has 2 rings (SSSR count). The van der Waals surface area contributed by atoms with Crippen molar-refractivity contribution in [1.29, 1.82) is 0 Å². The maximum Gasteiger partial charge on any atom is 0.272 e. The fraction of sp³-hybridized carbons (Fsp3) is 0.600. The van der Waals surface area contributed by atoms with Crippen LogP contribution in [0, 0.1) is 17.0 Å². The van der Waals surface area contributed by atoms with Gasteiger partial charge in [-0.15, -0.1) is 0 Å². The summed E-state index contributed by atoms with van der Waals surface area (Å²) in [4.78, 5) is 12.6. The monoisotopic (exact) mass is 341 g/mol. The van der Waals surface area contributed by atoms with Gasteiger partial charge < -0.3 is 10.2 Å². The van der Waals surface area contributed by atoms with E-state index >= 15 is 0 Å². The van der Waals surface area contributed by atoms with E-state index in [-0.39, 0.29) is 16.4 Å². The maximum atomic E-state index is 11.2. The molecular weight excluding hydrogens is 318 g/mol. The Balaban J connectivity index is 1.85. The lowest BCUT2D eigenvalue weighted by Gasteiger charge is -2.32. The molecule has 0 amide bonds. The van der Waals surface area contributed by atoms with E-state index in [1.165, 1.54) is 12.3 Å². The summed E-state index contributed by atoms with van der Waals surface area (Å²) in [6, 6.07) is 5.37. The summed E-state index contributed by atoms with van der Waals surface area (Å²) in [6.07, 6.45) is 3.12. The molecule has 128 valence electrons. The predicted molar refractivity (Wildman–Crippen MR) is 90.6 cm³/mol. The SMILES string of the molecule is Cc1cc(NC2CCN(CCS(C)(=O)=O)CC2)ccc1[N+](=O)[O-]. The number of hydrogen-bond donors (Lipinski definition) is 1. The number of sulfone groups is 1. The average molecular weight is 341 g/mol. The van der Waals surface area contributed by atoms with Crippen molar-refractivity contribution in [2.75, 3.05) is 37.0 Å². The Morgan fingerprint density at radius 2 is 2.00 bits per heavy atom. The number of nitro benzene ring substituents is 1. The van der Waals surface area contributed by atoms with Crippen molar-refractivity contribution in [2.24, 2.45) is 0 Å². The van der Waals surface area contributed by atoms with E-state index in [0.29, 0.717) is 18.2 Å². The third kappa shape index (κ3) is 5.47. The molecule has 8 heteroatoms. The van der Waals surface area contributed by atoms with Gasteiger partial charge >= 0.3 is 0 Å². The number of likely N-dealkylation sites (tertiary alicyclic amines) is 1. The van der Waals surface area contributed by atoms with Crippen LogP contribution in [0.25, 0.3) is 0 Å². The molecule has 1 aromatic rings. The van der Waals surface area contributed by atoms with E-state index in [1.807, 2.05) is 0 Å². The lowest BCUT2D eigenvalue weighted by molar-refractivity contribution is -0.385. The molecule has 7 nitrogen and oxygen atoms in total. The molecule has 0 atom stereocenters. The molecule has 1 aromatic carbocycles. The molecule has 1 fully saturated rings. The minimum atomic E-state index is -2.91. The van der Waals surface area contributed by atoms with Gasteiger partial charge in [-0.1, -0.05) is 0 Å². The molecule has 1 saturated heterocycles. The van der Waals surface area contributed by atoms with Gasteiger partial charge in [-0.25, -0.2) is 8.42 Å². The highest BCUT2D eigenvalue weighted by Gasteiger charge is 2.20. The molecule has 1 aliphatic heterocycles. The highest BCUT2D eigenvalue weighted by Crippen LogP contribution is 2.23. The Morgan fingerprint density at radius 3 is 2.52 bits per heavy atom. The maximum absolute atomic E-state index is 11.2. The van der Waals surface area contributed by atoms with Crippen LogP contribution in [0.4, 0.5) is 11.4 Å². The Bertz CT molecular complexity index is 667. The first-order valence-electron chi connectivity index (χ1n) is 7.66. The zero-order valence-corrected chi connectivity index (χ0v) is 14.3. The van der Waals surface area contributed by atoms with Crippen LogP contribution in [0.15, 0.2) is 18.2 Å². The summed E-state index contributed by atoms with van der Waals surface area (Å²) >= 11 is 0. The van der Waals surface area contributed by atoms with E-state index < -0.39 is 9.84 Å². The van der Waals surface area contributed by atoms with Gasteiger partial charge in [-0.3, -0.25) is 10.1 Å². The van der Waals surface area contributed by atoms with Crippen molar-refractivity contribution < 1.29 is 13.3 Å². The van der Waals surface area contributed by atoms with Crippen molar-refractivity contribution in [3.63, 3.8) is 0 Å². The van der Waals surface area contributed by atoms with Gasteiger partial charge in [0.2, 0.25) is 0 Å². The normalized spacial score (nSPS) is 17.1. The molecule has 1 heterocycles. The molecule has 23 heavy (non-hydrogen) atoms. The first-order valence-corrected chi connectivity index (χ1v) is 9.72. The van der Waals surface area contributed by atoms with Crippen molar-refractivity contribution >= 4 is 21.2 Å². The zero-order valence-electron chi connectivity index (χ0n) is 13.5. The Hall–Kier alpha value is -1.67. The molecular formula is C15H23N3O4S. The smallest absolute Gasteiger partial charge is 0.272 e. The molecule has 0 spiro atoms. The summed E-state index contributed by atoms with van der Waals surface area (Å²) in [5, 5.41) is 14.2. The second-order valence-corrected chi connectivity index (χ2v) is 8.41.